The maximum Gasteiger partial charge on any atom is 0.140 e. The maximum atomic E-state index is 9.39. The summed E-state index contributed by atoms with van der Waals surface area (Å²) in [6.07, 6.45) is 0. The van der Waals surface area contributed by atoms with Crippen LogP contribution in [0.25, 0.3) is 0 Å². The van der Waals surface area contributed by atoms with E-state index in [2.05, 4.69) is 11.4 Å². The Bertz CT molecular complexity index is 616. The molecule has 0 heterocycles. The van der Waals surface area contributed by atoms with Crippen molar-refractivity contribution in [2.75, 3.05) is 12.4 Å². The van der Waals surface area contributed by atoms with Crippen LogP contribution in [0.4, 0.5) is 5.69 Å². The van der Waals surface area contributed by atoms with Gasteiger partial charge in [-0.2, -0.15) is 5.26 Å². The number of nitrogens with zero attached hydrogens (tertiary/aromatic N) is 1. The van der Waals surface area contributed by atoms with Gasteiger partial charge in [-0.1, -0.05) is 36.4 Å². The molecule has 0 aliphatic carbocycles. The van der Waals surface area contributed by atoms with Crippen molar-refractivity contribution in [3.05, 3.63) is 65.2 Å². The predicted octanol–water partition coefficient (Wildman–Crippen LogP) is 3.82. The summed E-state index contributed by atoms with van der Waals surface area (Å²) in [5, 5.41) is 12.6. The summed E-state index contributed by atoms with van der Waals surface area (Å²) in [6.45, 7) is 2.59. The minimum absolute atomic E-state index is 0.367. The normalized spacial score (nSPS) is 11.7. The number of aryl methyl sites for hydroxylation is 1. The number of hydrogen-bond acceptors (Lipinski definition) is 3. The lowest BCUT2D eigenvalue weighted by Crippen LogP contribution is -2.09. The third kappa shape index (κ3) is 3.59. The lowest BCUT2D eigenvalue weighted by Gasteiger charge is -2.14. The van der Waals surface area contributed by atoms with Crippen LogP contribution in [0.15, 0.2) is 48.5 Å². The fourth-order valence-electron chi connectivity index (χ4n) is 2.12. The molecule has 2 aromatic carbocycles. The predicted molar refractivity (Wildman–Crippen MR) is 80.3 cm³/mol. The number of ether oxygens (including phenoxy) is 1. The van der Waals surface area contributed by atoms with E-state index in [4.69, 9.17) is 4.74 Å². The molecule has 0 amide bonds. The first-order chi connectivity index (χ1) is 9.72. The average Bonchev–Trinajstić information content (AvgIpc) is 2.45. The van der Waals surface area contributed by atoms with Gasteiger partial charge in [0, 0.05) is 12.8 Å². The van der Waals surface area contributed by atoms with Crippen LogP contribution in [-0.2, 0) is 11.3 Å². The molecular formula is C17H18N2O. The number of rotatable bonds is 5. The molecule has 20 heavy (non-hydrogen) atoms. The van der Waals surface area contributed by atoms with Gasteiger partial charge in [-0.3, -0.25) is 0 Å². The van der Waals surface area contributed by atoms with E-state index in [0.29, 0.717) is 6.61 Å². The van der Waals surface area contributed by atoms with E-state index in [0.717, 1.165) is 16.8 Å². The highest BCUT2D eigenvalue weighted by Gasteiger charge is 2.10. The molecule has 0 aliphatic heterocycles. The number of benzene rings is 2. The van der Waals surface area contributed by atoms with Crippen LogP contribution < -0.4 is 5.32 Å². The summed E-state index contributed by atoms with van der Waals surface area (Å²) in [5.41, 5.74) is 4.13. The minimum Gasteiger partial charge on any atom is -0.380 e. The fraction of sp³-hybridized carbons (Fsp3) is 0.235. The molecule has 1 N–H and O–H groups in total. The number of anilines is 1. The largest absolute Gasteiger partial charge is 0.380 e. The topological polar surface area (TPSA) is 45.0 Å². The molecule has 0 fully saturated rings. The second kappa shape index (κ2) is 6.74. The van der Waals surface area contributed by atoms with E-state index in [1.54, 1.807) is 7.11 Å². The molecule has 0 bridgehead atoms. The Morgan fingerprint density at radius 1 is 1.20 bits per heavy atom. The molecule has 2 aromatic rings. The highest BCUT2D eigenvalue weighted by Crippen LogP contribution is 2.21. The standard InChI is InChI=1S/C17H18N2O/c1-13-5-3-8-16(9-13)19-17(11-18)15-7-4-6-14(10-15)12-20-2/h3-10,17,19H,12H2,1-2H3. The Balaban J connectivity index is 2.20. The number of hydrogen-bond donors (Lipinski definition) is 1. The maximum absolute atomic E-state index is 9.39. The van der Waals surface area contributed by atoms with E-state index in [1.807, 2.05) is 55.5 Å². The quantitative estimate of drug-likeness (QED) is 0.894. The second-order valence-corrected chi connectivity index (χ2v) is 4.75. The average molecular weight is 266 g/mol. The molecule has 1 atom stereocenters. The zero-order valence-corrected chi connectivity index (χ0v) is 11.8. The SMILES string of the molecule is COCc1cccc(C(C#N)Nc2cccc(C)c2)c1. The number of methoxy groups -OCH3 is 1. The third-order valence-electron chi connectivity index (χ3n) is 3.05. The molecule has 2 rings (SSSR count). The van der Waals surface area contributed by atoms with E-state index in [9.17, 15) is 5.26 Å². The summed E-state index contributed by atoms with van der Waals surface area (Å²) in [5.74, 6) is 0. The Hall–Kier alpha value is -2.31. The van der Waals surface area contributed by atoms with E-state index in [-0.39, 0.29) is 6.04 Å². The van der Waals surface area contributed by atoms with Gasteiger partial charge >= 0.3 is 0 Å². The van der Waals surface area contributed by atoms with E-state index >= 15 is 0 Å². The smallest absolute Gasteiger partial charge is 0.140 e. The Morgan fingerprint density at radius 2 is 2.00 bits per heavy atom. The third-order valence-corrected chi connectivity index (χ3v) is 3.05. The van der Waals surface area contributed by atoms with Crippen molar-refractivity contribution in [2.24, 2.45) is 0 Å². The first-order valence-corrected chi connectivity index (χ1v) is 6.53. The number of nitrogens with one attached hydrogen (secondary N) is 1. The van der Waals surface area contributed by atoms with Gasteiger partial charge in [-0.05, 0) is 35.7 Å². The molecule has 102 valence electrons. The van der Waals surface area contributed by atoms with Crippen LogP contribution in [0.3, 0.4) is 0 Å². The zero-order chi connectivity index (χ0) is 14.4. The van der Waals surface area contributed by atoms with Crippen LogP contribution in [0.2, 0.25) is 0 Å². The van der Waals surface area contributed by atoms with E-state index < -0.39 is 0 Å². The van der Waals surface area contributed by atoms with Gasteiger partial charge in [0.05, 0.1) is 12.7 Å². The first kappa shape index (κ1) is 14.1. The van der Waals surface area contributed by atoms with Crippen LogP contribution >= 0.6 is 0 Å². The van der Waals surface area contributed by atoms with E-state index in [1.165, 1.54) is 5.56 Å². The van der Waals surface area contributed by atoms with Gasteiger partial charge in [-0.15, -0.1) is 0 Å². The summed E-state index contributed by atoms with van der Waals surface area (Å²) in [7, 11) is 1.67. The van der Waals surface area contributed by atoms with Crippen LogP contribution in [0, 0.1) is 18.3 Å². The van der Waals surface area contributed by atoms with Gasteiger partial charge in [0.25, 0.3) is 0 Å². The molecule has 3 heteroatoms. The first-order valence-electron chi connectivity index (χ1n) is 6.53. The highest BCUT2D eigenvalue weighted by molar-refractivity contribution is 5.49. The highest BCUT2D eigenvalue weighted by atomic mass is 16.5. The van der Waals surface area contributed by atoms with Gasteiger partial charge in [0.2, 0.25) is 0 Å². The summed E-state index contributed by atoms with van der Waals surface area (Å²) in [4.78, 5) is 0. The van der Waals surface area contributed by atoms with Crippen molar-refractivity contribution in [1.29, 1.82) is 5.26 Å². The van der Waals surface area contributed by atoms with Crippen LogP contribution in [-0.4, -0.2) is 7.11 Å². The number of nitriles is 1. The van der Waals surface area contributed by atoms with Crippen LogP contribution in [0.5, 0.6) is 0 Å². The molecule has 0 radical (unpaired) electrons. The lowest BCUT2D eigenvalue weighted by atomic mass is 10.0. The van der Waals surface area contributed by atoms with Crippen molar-refractivity contribution < 1.29 is 4.74 Å². The molecule has 3 nitrogen and oxygen atoms in total. The summed E-state index contributed by atoms with van der Waals surface area (Å²) < 4.78 is 5.13. The van der Waals surface area contributed by atoms with Gasteiger partial charge in [0.1, 0.15) is 6.04 Å². The second-order valence-electron chi connectivity index (χ2n) is 4.75. The van der Waals surface area contributed by atoms with Crippen molar-refractivity contribution in [3.63, 3.8) is 0 Å². The molecule has 0 spiro atoms. The summed E-state index contributed by atoms with van der Waals surface area (Å²) in [6, 6.07) is 17.8. The molecule has 0 saturated carbocycles. The monoisotopic (exact) mass is 266 g/mol. The Morgan fingerprint density at radius 3 is 2.70 bits per heavy atom. The van der Waals surface area contributed by atoms with Crippen molar-refractivity contribution in [1.82, 2.24) is 0 Å². The van der Waals surface area contributed by atoms with Crippen molar-refractivity contribution in [2.45, 2.75) is 19.6 Å². The molecule has 0 saturated heterocycles. The Labute approximate surface area is 119 Å². The summed E-state index contributed by atoms with van der Waals surface area (Å²) >= 11 is 0. The van der Waals surface area contributed by atoms with Crippen molar-refractivity contribution >= 4 is 5.69 Å². The fourth-order valence-corrected chi connectivity index (χ4v) is 2.12. The molecular weight excluding hydrogens is 248 g/mol. The molecule has 0 aromatic heterocycles. The lowest BCUT2D eigenvalue weighted by molar-refractivity contribution is 0.185. The molecule has 0 aliphatic rings. The van der Waals surface area contributed by atoms with Gasteiger partial charge in [-0.25, -0.2) is 0 Å². The minimum atomic E-state index is -0.367. The zero-order valence-electron chi connectivity index (χ0n) is 11.8. The molecule has 1 unspecified atom stereocenters. The van der Waals surface area contributed by atoms with Crippen molar-refractivity contribution in [3.8, 4) is 6.07 Å². The van der Waals surface area contributed by atoms with Gasteiger partial charge < -0.3 is 10.1 Å². The van der Waals surface area contributed by atoms with Crippen LogP contribution in [0.1, 0.15) is 22.7 Å². The van der Waals surface area contributed by atoms with Gasteiger partial charge in [0.15, 0.2) is 0 Å². The Kier molecular flexibility index (Phi) is 4.75.